The average molecular weight is 425 g/mol. The fourth-order valence-corrected chi connectivity index (χ4v) is 4.64. The van der Waals surface area contributed by atoms with Crippen LogP contribution in [-0.2, 0) is 12.0 Å². The van der Waals surface area contributed by atoms with Gasteiger partial charge in [-0.3, -0.25) is 14.5 Å². The molecule has 2 aliphatic heterocycles. The lowest BCUT2D eigenvalue weighted by atomic mass is 9.82. The molecule has 32 heavy (non-hydrogen) atoms. The molecule has 0 spiro atoms. The van der Waals surface area contributed by atoms with Crippen molar-refractivity contribution >= 4 is 17.9 Å². The minimum Gasteiger partial charge on any atom is -0.383 e. The molecular weight excluding hydrogens is 398 g/mol. The van der Waals surface area contributed by atoms with Crippen LogP contribution < -0.4 is 4.57 Å². The van der Waals surface area contributed by atoms with Crippen molar-refractivity contribution in [3.8, 4) is 5.69 Å². The standard InChI is InChI=1S/C27H26N3O2/c1-27(2)22-15-19(17-30-25(31)20-7-5-6-8-21(20)26(30)32)9-10-23(22)29-14-12-18(16-24(27)29)11-13-28(3)4/h5-16H,17H2,1-4H3/q+1. The molecule has 0 bridgehead atoms. The number of carbonyl (C=O) groups excluding carboxylic acids is 2. The highest BCUT2D eigenvalue weighted by Crippen LogP contribution is 2.39. The highest BCUT2D eigenvalue weighted by Gasteiger charge is 2.44. The molecule has 0 fully saturated rings. The third-order valence-electron chi connectivity index (χ3n) is 6.40. The molecule has 2 amide bonds. The van der Waals surface area contributed by atoms with E-state index in [0.29, 0.717) is 11.1 Å². The first kappa shape index (κ1) is 20.2. The van der Waals surface area contributed by atoms with E-state index in [1.54, 1.807) is 24.3 Å². The summed E-state index contributed by atoms with van der Waals surface area (Å²) in [5.41, 5.74) is 6.42. The van der Waals surface area contributed by atoms with Gasteiger partial charge in [-0.25, -0.2) is 0 Å². The molecule has 3 heterocycles. The topological polar surface area (TPSA) is 44.5 Å². The summed E-state index contributed by atoms with van der Waals surface area (Å²) in [6, 6.07) is 17.6. The minimum absolute atomic E-state index is 0.199. The number of rotatable bonds is 4. The van der Waals surface area contributed by atoms with Gasteiger partial charge in [0.25, 0.3) is 11.8 Å². The van der Waals surface area contributed by atoms with Crippen LogP contribution in [0.3, 0.4) is 0 Å². The Morgan fingerprint density at radius 1 is 0.969 bits per heavy atom. The van der Waals surface area contributed by atoms with E-state index in [1.165, 1.54) is 16.2 Å². The summed E-state index contributed by atoms with van der Waals surface area (Å²) in [7, 11) is 4.02. The zero-order valence-corrected chi connectivity index (χ0v) is 18.8. The molecule has 0 radical (unpaired) electrons. The number of hydrogen-bond acceptors (Lipinski definition) is 3. The van der Waals surface area contributed by atoms with E-state index >= 15 is 0 Å². The van der Waals surface area contributed by atoms with Gasteiger partial charge >= 0.3 is 0 Å². The van der Waals surface area contributed by atoms with Crippen molar-refractivity contribution in [1.82, 2.24) is 9.80 Å². The number of benzene rings is 2. The molecule has 0 unspecified atom stereocenters. The normalized spacial score (nSPS) is 15.8. The fraction of sp³-hybridized carbons (Fsp3) is 0.222. The zero-order chi connectivity index (χ0) is 22.6. The Kier molecular flexibility index (Phi) is 4.52. The van der Waals surface area contributed by atoms with Crippen LogP contribution in [0.15, 0.2) is 67.0 Å². The maximum atomic E-state index is 12.8. The maximum absolute atomic E-state index is 12.8. The summed E-state index contributed by atoms with van der Waals surface area (Å²) in [5, 5.41) is 0. The zero-order valence-electron chi connectivity index (χ0n) is 18.8. The summed E-state index contributed by atoms with van der Waals surface area (Å²) < 4.78 is 2.23. The van der Waals surface area contributed by atoms with Crippen LogP contribution in [0.2, 0.25) is 0 Å². The Balaban J connectivity index is 1.48. The first-order valence-electron chi connectivity index (χ1n) is 10.8. The predicted octanol–water partition coefficient (Wildman–Crippen LogP) is 3.93. The van der Waals surface area contributed by atoms with Crippen LogP contribution in [0.25, 0.3) is 11.8 Å². The average Bonchev–Trinajstić information content (AvgIpc) is 3.15. The fourth-order valence-electron chi connectivity index (χ4n) is 4.64. The number of pyridine rings is 1. The predicted molar refractivity (Wildman–Crippen MR) is 123 cm³/mol. The van der Waals surface area contributed by atoms with Gasteiger partial charge < -0.3 is 4.90 Å². The Bertz CT molecular complexity index is 1270. The second kappa shape index (κ2) is 7.16. The highest BCUT2D eigenvalue weighted by molar-refractivity contribution is 6.21. The van der Waals surface area contributed by atoms with E-state index in [0.717, 1.165) is 16.8 Å². The molecule has 160 valence electrons. The molecule has 2 aromatic carbocycles. The number of aromatic nitrogens is 1. The summed E-state index contributed by atoms with van der Waals surface area (Å²) in [6.45, 7) is 4.71. The number of imide groups is 1. The maximum Gasteiger partial charge on any atom is 0.261 e. The smallest absolute Gasteiger partial charge is 0.261 e. The summed E-state index contributed by atoms with van der Waals surface area (Å²) >= 11 is 0. The van der Waals surface area contributed by atoms with Gasteiger partial charge in [0.1, 0.15) is 0 Å². The summed E-state index contributed by atoms with van der Waals surface area (Å²) in [6.07, 6.45) is 6.26. The molecule has 5 heteroatoms. The van der Waals surface area contributed by atoms with Crippen LogP contribution in [0.1, 0.15) is 56.9 Å². The van der Waals surface area contributed by atoms with E-state index in [1.807, 2.05) is 31.3 Å². The van der Waals surface area contributed by atoms with Gasteiger partial charge in [-0.2, -0.15) is 4.57 Å². The third kappa shape index (κ3) is 3.04. The SMILES string of the molecule is CN(C)C=Cc1cc[n+]2c(c1)C(C)(C)c1cc(CN3C(=O)c4ccccc4C3=O)ccc1-2. The van der Waals surface area contributed by atoms with Crippen molar-refractivity contribution in [1.29, 1.82) is 0 Å². The second-order valence-electron chi connectivity index (χ2n) is 9.21. The quantitative estimate of drug-likeness (QED) is 0.471. The number of fused-ring (bicyclic) bond motifs is 4. The van der Waals surface area contributed by atoms with Crippen molar-refractivity contribution in [3.63, 3.8) is 0 Å². The molecule has 5 rings (SSSR count). The molecule has 0 atom stereocenters. The summed E-state index contributed by atoms with van der Waals surface area (Å²) in [5.74, 6) is -0.444. The minimum atomic E-state index is -0.222. The third-order valence-corrected chi connectivity index (χ3v) is 6.40. The molecular formula is C27H26N3O2+. The lowest BCUT2D eigenvalue weighted by molar-refractivity contribution is -0.599. The number of nitrogens with zero attached hydrogens (tertiary/aromatic N) is 3. The molecule has 0 N–H and O–H groups in total. The van der Waals surface area contributed by atoms with E-state index in [2.05, 4.69) is 55.0 Å². The van der Waals surface area contributed by atoms with E-state index in [4.69, 9.17) is 0 Å². The van der Waals surface area contributed by atoms with Crippen molar-refractivity contribution in [3.05, 3.63) is 101 Å². The first-order chi connectivity index (χ1) is 15.3. The van der Waals surface area contributed by atoms with Crippen molar-refractivity contribution in [2.45, 2.75) is 25.8 Å². The lowest BCUT2D eigenvalue weighted by Gasteiger charge is -2.17. The first-order valence-corrected chi connectivity index (χ1v) is 10.8. The molecule has 0 aliphatic carbocycles. The summed E-state index contributed by atoms with van der Waals surface area (Å²) in [4.78, 5) is 28.9. The van der Waals surface area contributed by atoms with E-state index < -0.39 is 0 Å². The van der Waals surface area contributed by atoms with Gasteiger partial charge in [0, 0.05) is 37.9 Å². The molecule has 1 aromatic heterocycles. The molecule has 2 aliphatic rings. The van der Waals surface area contributed by atoms with E-state index in [-0.39, 0.29) is 23.8 Å². The molecule has 0 saturated carbocycles. The van der Waals surface area contributed by atoms with Crippen LogP contribution in [-0.4, -0.2) is 35.7 Å². The van der Waals surface area contributed by atoms with Gasteiger partial charge in [-0.1, -0.05) is 18.2 Å². The van der Waals surface area contributed by atoms with Gasteiger partial charge in [-0.15, -0.1) is 0 Å². The Morgan fingerprint density at radius 2 is 1.66 bits per heavy atom. The number of hydrogen-bond donors (Lipinski definition) is 0. The molecule has 0 saturated heterocycles. The van der Waals surface area contributed by atoms with Crippen LogP contribution >= 0.6 is 0 Å². The Morgan fingerprint density at radius 3 is 2.31 bits per heavy atom. The van der Waals surface area contributed by atoms with Crippen LogP contribution in [0, 0.1) is 0 Å². The van der Waals surface area contributed by atoms with Gasteiger partial charge in [0.05, 0.1) is 23.1 Å². The number of amides is 2. The van der Waals surface area contributed by atoms with Crippen molar-refractivity contribution in [2.24, 2.45) is 0 Å². The monoisotopic (exact) mass is 424 g/mol. The van der Waals surface area contributed by atoms with Gasteiger partial charge in [-0.05, 0) is 55.4 Å². The molecule has 3 aromatic rings. The van der Waals surface area contributed by atoms with Crippen molar-refractivity contribution < 1.29 is 14.2 Å². The van der Waals surface area contributed by atoms with Crippen molar-refractivity contribution in [2.75, 3.05) is 14.1 Å². The highest BCUT2D eigenvalue weighted by atomic mass is 16.2. The van der Waals surface area contributed by atoms with Crippen LogP contribution in [0.4, 0.5) is 0 Å². The van der Waals surface area contributed by atoms with Gasteiger partial charge in [0.2, 0.25) is 5.69 Å². The van der Waals surface area contributed by atoms with E-state index in [9.17, 15) is 9.59 Å². The van der Waals surface area contributed by atoms with Gasteiger partial charge in [0.15, 0.2) is 11.9 Å². The number of carbonyl (C=O) groups is 2. The molecule has 5 nitrogen and oxygen atoms in total. The lowest BCUT2D eigenvalue weighted by Crippen LogP contribution is -2.34. The Hall–Kier alpha value is -3.73. The second-order valence-corrected chi connectivity index (χ2v) is 9.21. The van der Waals surface area contributed by atoms with Crippen LogP contribution in [0.5, 0.6) is 0 Å². The largest absolute Gasteiger partial charge is 0.383 e. The Labute approximate surface area is 188 Å².